The lowest BCUT2D eigenvalue weighted by Crippen LogP contribution is -2.40. The molecule has 2 heterocycles. The molecule has 0 bridgehead atoms. The van der Waals surface area contributed by atoms with Gasteiger partial charge in [-0.25, -0.2) is 10.0 Å². The second kappa shape index (κ2) is 12.9. The second-order valence-corrected chi connectivity index (χ2v) is 10.8. The van der Waals surface area contributed by atoms with Crippen molar-refractivity contribution in [3.05, 3.63) is 90.5 Å². The fourth-order valence-electron chi connectivity index (χ4n) is 5.75. The number of ether oxygens (including phenoxy) is 1. The number of nitrogens with zero attached hydrogens (tertiary/aromatic N) is 4. The summed E-state index contributed by atoms with van der Waals surface area (Å²) in [5.41, 5.74) is 3.64. The van der Waals surface area contributed by atoms with Crippen LogP contribution in [0.15, 0.2) is 95.1 Å². The Kier molecular flexibility index (Phi) is 8.92. The van der Waals surface area contributed by atoms with Crippen molar-refractivity contribution in [2.75, 3.05) is 16.6 Å². The Balaban J connectivity index is 1.44. The van der Waals surface area contributed by atoms with Crippen LogP contribution in [0.3, 0.4) is 0 Å². The van der Waals surface area contributed by atoms with Crippen LogP contribution in [0, 0.1) is 11.8 Å². The molecule has 0 saturated heterocycles. The van der Waals surface area contributed by atoms with Gasteiger partial charge in [0.15, 0.2) is 0 Å². The molecule has 2 amide bonds. The van der Waals surface area contributed by atoms with Gasteiger partial charge >= 0.3 is 0 Å². The summed E-state index contributed by atoms with van der Waals surface area (Å²) in [6.07, 6.45) is 5.89. The van der Waals surface area contributed by atoms with Crippen LogP contribution in [0.25, 0.3) is 0 Å². The molecule has 3 aromatic carbocycles. The highest BCUT2D eigenvalue weighted by molar-refractivity contribution is 6.19. The van der Waals surface area contributed by atoms with Crippen molar-refractivity contribution < 1.29 is 14.3 Å². The Morgan fingerprint density at radius 2 is 1.17 bits per heavy atom. The zero-order valence-corrected chi connectivity index (χ0v) is 24.1. The SMILES string of the molecule is CCCCCCCOc1ccc(C(C2C(=O)N(c3ccccc3)N=C2C)C2C(=O)N(c3ccccc3)N=C2C)cc1. The highest BCUT2D eigenvalue weighted by Gasteiger charge is 2.50. The third-order valence-corrected chi connectivity index (χ3v) is 7.87. The van der Waals surface area contributed by atoms with Gasteiger partial charge in [0, 0.05) is 17.3 Å². The zero-order valence-electron chi connectivity index (χ0n) is 24.1. The number of amides is 2. The van der Waals surface area contributed by atoms with E-state index in [1.54, 1.807) is 0 Å². The fraction of sp³-hybridized carbons (Fsp3) is 0.353. The first-order chi connectivity index (χ1) is 20.0. The van der Waals surface area contributed by atoms with Crippen LogP contribution < -0.4 is 14.8 Å². The third kappa shape index (κ3) is 6.09. The predicted molar refractivity (Wildman–Crippen MR) is 164 cm³/mol. The molecule has 0 aromatic heterocycles. The molecule has 0 saturated carbocycles. The van der Waals surface area contributed by atoms with Gasteiger partial charge in [-0.3, -0.25) is 9.59 Å². The molecule has 3 aromatic rings. The van der Waals surface area contributed by atoms with Crippen molar-refractivity contribution in [3.8, 4) is 5.75 Å². The average molecular weight is 551 g/mol. The van der Waals surface area contributed by atoms with Crippen molar-refractivity contribution >= 4 is 34.6 Å². The lowest BCUT2D eigenvalue weighted by Gasteiger charge is -2.28. The summed E-state index contributed by atoms with van der Waals surface area (Å²) in [5, 5.41) is 12.3. The minimum atomic E-state index is -0.615. The molecule has 7 heteroatoms. The fourth-order valence-corrected chi connectivity index (χ4v) is 5.75. The standard InChI is InChI=1S/C34H38N4O3/c1-4-5-6-7-14-23-41-29-21-19-26(20-22-29)32(30-24(2)35-37(33(30)39)27-15-10-8-11-16-27)31-25(3)36-38(34(31)40)28-17-12-9-13-18-28/h8-13,15-22,30-32H,4-7,14,23H2,1-3H3. The first kappa shape index (κ1) is 28.3. The van der Waals surface area contributed by atoms with Crippen molar-refractivity contribution in [2.24, 2.45) is 22.0 Å². The molecule has 5 rings (SSSR count). The van der Waals surface area contributed by atoms with Crippen LogP contribution in [0.2, 0.25) is 0 Å². The number of para-hydroxylation sites is 2. The van der Waals surface area contributed by atoms with Crippen LogP contribution in [0.1, 0.15) is 64.4 Å². The molecule has 41 heavy (non-hydrogen) atoms. The number of hydrazone groups is 2. The Hall–Kier alpha value is -4.26. The van der Waals surface area contributed by atoms with E-state index < -0.39 is 17.8 Å². The topological polar surface area (TPSA) is 74.6 Å². The first-order valence-corrected chi connectivity index (χ1v) is 14.6. The zero-order chi connectivity index (χ0) is 28.8. The van der Waals surface area contributed by atoms with Crippen molar-refractivity contribution in [2.45, 2.75) is 58.8 Å². The lowest BCUT2D eigenvalue weighted by molar-refractivity contribution is -0.122. The van der Waals surface area contributed by atoms with Crippen LogP contribution in [0.4, 0.5) is 11.4 Å². The van der Waals surface area contributed by atoms with E-state index in [-0.39, 0.29) is 11.8 Å². The van der Waals surface area contributed by atoms with Crippen LogP contribution in [-0.4, -0.2) is 29.8 Å². The molecule has 0 fully saturated rings. The van der Waals surface area contributed by atoms with E-state index >= 15 is 0 Å². The van der Waals surface area contributed by atoms with Gasteiger partial charge in [0.05, 0.1) is 29.8 Å². The van der Waals surface area contributed by atoms with Crippen molar-refractivity contribution in [1.29, 1.82) is 0 Å². The molecule has 0 radical (unpaired) electrons. The highest BCUT2D eigenvalue weighted by Crippen LogP contribution is 2.43. The van der Waals surface area contributed by atoms with Gasteiger partial charge in [-0.2, -0.15) is 10.2 Å². The van der Waals surface area contributed by atoms with E-state index in [0.29, 0.717) is 29.4 Å². The lowest BCUT2D eigenvalue weighted by atomic mass is 9.73. The molecular weight excluding hydrogens is 512 g/mol. The Morgan fingerprint density at radius 3 is 1.66 bits per heavy atom. The van der Waals surface area contributed by atoms with E-state index in [4.69, 9.17) is 4.74 Å². The van der Waals surface area contributed by atoms with Crippen molar-refractivity contribution in [3.63, 3.8) is 0 Å². The number of benzene rings is 3. The average Bonchev–Trinajstić information content (AvgIpc) is 3.46. The van der Waals surface area contributed by atoms with Gasteiger partial charge in [-0.15, -0.1) is 0 Å². The summed E-state index contributed by atoms with van der Waals surface area (Å²) < 4.78 is 6.01. The molecule has 7 nitrogen and oxygen atoms in total. The van der Waals surface area contributed by atoms with Gasteiger partial charge in [-0.1, -0.05) is 81.1 Å². The maximum Gasteiger partial charge on any atom is 0.256 e. The van der Waals surface area contributed by atoms with E-state index in [9.17, 15) is 9.59 Å². The Bertz CT molecular complexity index is 1320. The van der Waals surface area contributed by atoms with Crippen LogP contribution >= 0.6 is 0 Å². The van der Waals surface area contributed by atoms with Gasteiger partial charge in [-0.05, 0) is 62.2 Å². The Morgan fingerprint density at radius 1 is 0.683 bits per heavy atom. The quantitative estimate of drug-likeness (QED) is 0.224. The highest BCUT2D eigenvalue weighted by atomic mass is 16.5. The maximum absolute atomic E-state index is 14.0. The first-order valence-electron chi connectivity index (χ1n) is 14.6. The van der Waals surface area contributed by atoms with Crippen LogP contribution in [0.5, 0.6) is 5.75 Å². The van der Waals surface area contributed by atoms with Gasteiger partial charge in [0.2, 0.25) is 0 Å². The molecule has 2 aliphatic rings. The van der Waals surface area contributed by atoms with Crippen molar-refractivity contribution in [1.82, 2.24) is 0 Å². The normalized spacial score (nSPS) is 19.4. The monoisotopic (exact) mass is 550 g/mol. The van der Waals surface area contributed by atoms with E-state index in [2.05, 4.69) is 17.1 Å². The number of hydrogen-bond acceptors (Lipinski definition) is 5. The minimum absolute atomic E-state index is 0.148. The summed E-state index contributed by atoms with van der Waals surface area (Å²) >= 11 is 0. The summed E-state index contributed by atoms with van der Waals surface area (Å²) in [5.74, 6) is -1.22. The van der Waals surface area contributed by atoms with Gasteiger partial charge in [0.1, 0.15) is 5.75 Å². The molecular formula is C34H38N4O3. The molecule has 2 atom stereocenters. The van der Waals surface area contributed by atoms with Crippen LogP contribution in [-0.2, 0) is 9.59 Å². The molecule has 0 N–H and O–H groups in total. The summed E-state index contributed by atoms with van der Waals surface area (Å²) in [6, 6.07) is 26.7. The molecule has 2 aliphatic heterocycles. The number of unbranched alkanes of at least 4 members (excludes halogenated alkanes) is 4. The van der Waals surface area contributed by atoms with Gasteiger partial charge in [0.25, 0.3) is 11.8 Å². The number of rotatable bonds is 12. The number of carbonyl (C=O) groups excluding carboxylic acids is 2. The third-order valence-electron chi connectivity index (χ3n) is 7.87. The Labute approximate surface area is 242 Å². The van der Waals surface area contributed by atoms with E-state index in [0.717, 1.165) is 24.2 Å². The minimum Gasteiger partial charge on any atom is -0.494 e. The molecule has 0 aliphatic carbocycles. The predicted octanol–water partition coefficient (Wildman–Crippen LogP) is 7.20. The van der Waals surface area contributed by atoms with E-state index in [1.807, 2.05) is 98.8 Å². The van der Waals surface area contributed by atoms with Gasteiger partial charge < -0.3 is 4.74 Å². The number of hydrogen-bond donors (Lipinski definition) is 0. The number of anilines is 2. The number of carbonyl (C=O) groups is 2. The van der Waals surface area contributed by atoms with E-state index in [1.165, 1.54) is 29.3 Å². The molecule has 2 unspecified atom stereocenters. The molecule has 0 spiro atoms. The summed E-state index contributed by atoms with van der Waals surface area (Å²) in [7, 11) is 0. The molecule has 212 valence electrons. The maximum atomic E-state index is 14.0. The summed E-state index contributed by atoms with van der Waals surface area (Å²) in [6.45, 7) is 6.62. The smallest absolute Gasteiger partial charge is 0.256 e. The summed E-state index contributed by atoms with van der Waals surface area (Å²) in [4.78, 5) is 28.0. The second-order valence-electron chi connectivity index (χ2n) is 10.8. The largest absolute Gasteiger partial charge is 0.494 e.